The maximum atomic E-state index is 12.0. The van der Waals surface area contributed by atoms with E-state index in [0.29, 0.717) is 17.3 Å². The fourth-order valence-electron chi connectivity index (χ4n) is 2.28. The number of carbonyl (C=O) groups is 1. The van der Waals surface area contributed by atoms with E-state index >= 15 is 0 Å². The molecule has 1 amide bonds. The Labute approximate surface area is 102 Å². The first-order chi connectivity index (χ1) is 8.27. The largest absolute Gasteiger partial charge is 0.398 e. The Kier molecular flexibility index (Phi) is 3.96. The van der Waals surface area contributed by atoms with Crippen LogP contribution in [0.1, 0.15) is 48.9 Å². The molecule has 0 spiro atoms. The zero-order chi connectivity index (χ0) is 12.1. The maximum absolute atomic E-state index is 12.0. The molecular weight excluding hydrogens is 214 g/mol. The van der Waals surface area contributed by atoms with Crippen LogP contribution in [0.15, 0.2) is 18.5 Å². The third-order valence-electron chi connectivity index (χ3n) is 3.29. The number of pyridine rings is 1. The lowest BCUT2D eigenvalue weighted by molar-refractivity contribution is 0.0934. The minimum Gasteiger partial charge on any atom is -0.398 e. The van der Waals surface area contributed by atoms with Gasteiger partial charge >= 0.3 is 0 Å². The summed E-state index contributed by atoms with van der Waals surface area (Å²) in [5.74, 6) is -0.0949. The lowest BCUT2D eigenvalue weighted by Gasteiger charge is -2.16. The Morgan fingerprint density at radius 2 is 2.00 bits per heavy atom. The van der Waals surface area contributed by atoms with E-state index < -0.39 is 0 Å². The van der Waals surface area contributed by atoms with Gasteiger partial charge in [-0.1, -0.05) is 25.7 Å². The second kappa shape index (κ2) is 5.66. The monoisotopic (exact) mass is 233 g/mol. The van der Waals surface area contributed by atoms with Crippen LogP contribution < -0.4 is 11.1 Å². The highest BCUT2D eigenvalue weighted by Crippen LogP contribution is 2.18. The Morgan fingerprint density at radius 1 is 1.29 bits per heavy atom. The summed E-state index contributed by atoms with van der Waals surface area (Å²) in [4.78, 5) is 16.0. The van der Waals surface area contributed by atoms with Crippen molar-refractivity contribution in [1.82, 2.24) is 10.3 Å². The van der Waals surface area contributed by atoms with Crippen molar-refractivity contribution in [2.75, 3.05) is 5.73 Å². The highest BCUT2D eigenvalue weighted by molar-refractivity contribution is 5.98. The van der Waals surface area contributed by atoms with Gasteiger partial charge in [-0.05, 0) is 18.9 Å². The molecule has 1 aromatic heterocycles. The van der Waals surface area contributed by atoms with Gasteiger partial charge in [0.2, 0.25) is 0 Å². The molecule has 1 aliphatic carbocycles. The van der Waals surface area contributed by atoms with Crippen LogP contribution in [0.5, 0.6) is 0 Å². The normalized spacial score (nSPS) is 17.4. The van der Waals surface area contributed by atoms with Crippen LogP contribution in [0.25, 0.3) is 0 Å². The zero-order valence-electron chi connectivity index (χ0n) is 9.98. The molecule has 92 valence electrons. The molecule has 1 fully saturated rings. The molecule has 0 aromatic carbocycles. The van der Waals surface area contributed by atoms with Crippen LogP contribution in [-0.4, -0.2) is 16.9 Å². The molecule has 1 aliphatic rings. The summed E-state index contributed by atoms with van der Waals surface area (Å²) in [5.41, 5.74) is 6.73. The van der Waals surface area contributed by atoms with Crippen molar-refractivity contribution in [1.29, 1.82) is 0 Å². The summed E-state index contributed by atoms with van der Waals surface area (Å²) >= 11 is 0. The first kappa shape index (κ1) is 11.9. The molecule has 1 aromatic rings. The van der Waals surface area contributed by atoms with Gasteiger partial charge in [0.1, 0.15) is 0 Å². The Balaban J connectivity index is 1.98. The van der Waals surface area contributed by atoms with Gasteiger partial charge in [0.15, 0.2) is 0 Å². The van der Waals surface area contributed by atoms with E-state index in [1.165, 1.54) is 31.9 Å². The predicted molar refractivity (Wildman–Crippen MR) is 67.6 cm³/mol. The molecule has 17 heavy (non-hydrogen) atoms. The van der Waals surface area contributed by atoms with Gasteiger partial charge in [-0.25, -0.2) is 0 Å². The van der Waals surface area contributed by atoms with Gasteiger partial charge in [0.05, 0.1) is 5.56 Å². The molecule has 2 rings (SSSR count). The van der Waals surface area contributed by atoms with Crippen molar-refractivity contribution in [2.24, 2.45) is 0 Å². The fraction of sp³-hybridized carbons (Fsp3) is 0.538. The topological polar surface area (TPSA) is 68.0 Å². The van der Waals surface area contributed by atoms with Crippen LogP contribution in [0, 0.1) is 0 Å². The second-order valence-electron chi connectivity index (χ2n) is 4.62. The van der Waals surface area contributed by atoms with Crippen LogP contribution >= 0.6 is 0 Å². The van der Waals surface area contributed by atoms with Gasteiger partial charge < -0.3 is 11.1 Å². The number of nitrogens with two attached hydrogens (primary N) is 1. The molecule has 4 heteroatoms. The number of nitrogens with zero attached hydrogens (tertiary/aromatic N) is 1. The molecular formula is C13H19N3O. The summed E-state index contributed by atoms with van der Waals surface area (Å²) in [5, 5.41) is 3.06. The van der Waals surface area contributed by atoms with E-state index in [4.69, 9.17) is 5.73 Å². The fourth-order valence-corrected chi connectivity index (χ4v) is 2.28. The third kappa shape index (κ3) is 3.19. The number of amides is 1. The Morgan fingerprint density at radius 3 is 2.65 bits per heavy atom. The minimum atomic E-state index is -0.0949. The van der Waals surface area contributed by atoms with E-state index in [9.17, 15) is 4.79 Å². The first-order valence-electron chi connectivity index (χ1n) is 6.28. The lowest BCUT2D eigenvalue weighted by Crippen LogP contribution is -2.34. The van der Waals surface area contributed by atoms with Crippen LogP contribution in [0.2, 0.25) is 0 Å². The standard InChI is InChI=1S/C13H19N3O/c14-12-7-8-15-9-11(12)13(17)16-10-5-3-1-2-4-6-10/h7-10H,1-6H2,(H2,14,15)(H,16,17). The number of hydrogen-bond donors (Lipinski definition) is 2. The Hall–Kier alpha value is -1.58. The molecule has 3 N–H and O–H groups in total. The molecule has 0 bridgehead atoms. The number of carbonyl (C=O) groups excluding carboxylic acids is 1. The zero-order valence-corrected chi connectivity index (χ0v) is 9.98. The van der Waals surface area contributed by atoms with Crippen molar-refractivity contribution < 1.29 is 4.79 Å². The third-order valence-corrected chi connectivity index (χ3v) is 3.29. The molecule has 0 saturated heterocycles. The summed E-state index contributed by atoms with van der Waals surface area (Å²) in [6.45, 7) is 0. The number of aromatic nitrogens is 1. The highest BCUT2D eigenvalue weighted by atomic mass is 16.1. The first-order valence-corrected chi connectivity index (χ1v) is 6.28. The van der Waals surface area contributed by atoms with Crippen molar-refractivity contribution in [3.63, 3.8) is 0 Å². The lowest BCUT2D eigenvalue weighted by atomic mass is 10.1. The summed E-state index contributed by atoms with van der Waals surface area (Å²) < 4.78 is 0. The molecule has 0 unspecified atom stereocenters. The van der Waals surface area contributed by atoms with Crippen molar-refractivity contribution >= 4 is 11.6 Å². The van der Waals surface area contributed by atoms with Gasteiger partial charge in [0.25, 0.3) is 5.91 Å². The molecule has 0 radical (unpaired) electrons. The van der Waals surface area contributed by atoms with Gasteiger partial charge in [-0.2, -0.15) is 0 Å². The van der Waals surface area contributed by atoms with Crippen molar-refractivity contribution in [3.8, 4) is 0 Å². The molecule has 1 heterocycles. The number of rotatable bonds is 2. The highest BCUT2D eigenvalue weighted by Gasteiger charge is 2.17. The van der Waals surface area contributed by atoms with Crippen molar-refractivity contribution in [2.45, 2.75) is 44.6 Å². The van der Waals surface area contributed by atoms with Gasteiger partial charge in [0, 0.05) is 24.1 Å². The number of hydrogen-bond acceptors (Lipinski definition) is 3. The van der Waals surface area contributed by atoms with Crippen molar-refractivity contribution in [3.05, 3.63) is 24.0 Å². The van der Waals surface area contributed by atoms with Gasteiger partial charge in [-0.15, -0.1) is 0 Å². The summed E-state index contributed by atoms with van der Waals surface area (Å²) in [6.07, 6.45) is 10.2. The summed E-state index contributed by atoms with van der Waals surface area (Å²) in [6, 6.07) is 1.95. The molecule has 0 aliphatic heterocycles. The predicted octanol–water partition coefficient (Wildman–Crippen LogP) is 2.12. The average molecular weight is 233 g/mol. The van der Waals surface area contributed by atoms with E-state index in [1.54, 1.807) is 12.3 Å². The number of nitrogen functional groups attached to an aromatic ring is 1. The van der Waals surface area contributed by atoms with E-state index in [2.05, 4.69) is 10.3 Å². The smallest absolute Gasteiger partial charge is 0.255 e. The summed E-state index contributed by atoms with van der Waals surface area (Å²) in [7, 11) is 0. The second-order valence-corrected chi connectivity index (χ2v) is 4.62. The maximum Gasteiger partial charge on any atom is 0.255 e. The SMILES string of the molecule is Nc1ccncc1C(=O)NC1CCCCCC1. The van der Waals surface area contributed by atoms with Gasteiger partial charge in [-0.3, -0.25) is 9.78 Å². The Bertz CT molecular complexity index is 384. The van der Waals surface area contributed by atoms with Crippen LogP contribution in [0.3, 0.4) is 0 Å². The van der Waals surface area contributed by atoms with E-state index in [-0.39, 0.29) is 5.91 Å². The van der Waals surface area contributed by atoms with Crippen LogP contribution in [0.4, 0.5) is 5.69 Å². The van der Waals surface area contributed by atoms with E-state index in [0.717, 1.165) is 12.8 Å². The molecule has 1 saturated carbocycles. The molecule has 0 atom stereocenters. The van der Waals surface area contributed by atoms with E-state index in [1.807, 2.05) is 0 Å². The molecule has 4 nitrogen and oxygen atoms in total. The average Bonchev–Trinajstić information content (AvgIpc) is 2.58. The number of anilines is 1. The minimum absolute atomic E-state index is 0.0949. The quantitative estimate of drug-likeness (QED) is 0.769. The number of nitrogens with one attached hydrogen (secondary N) is 1. The van der Waals surface area contributed by atoms with Crippen LogP contribution in [-0.2, 0) is 0 Å².